The molecule has 38 heavy (non-hydrogen) atoms. The standard InChI is InChI=1S/C24H29FN6O6S/c1-28-10-12-29(13-11-28)24(33)31-17-4-8-20(31)22(23(32)27-34)30(15-17)38(35,36)19-7-9-21(26-14-19)37-18-5-2-16(25)3-6-18/h2-3,5-7,9,14,17,20,22,34H,4,8,10-13,15H2,1H3,(H,27,32)/t17-,20+,22-/m1/s1. The molecule has 0 unspecified atom stereocenters. The minimum atomic E-state index is -4.23. The van der Waals surface area contributed by atoms with Gasteiger partial charge in [-0.3, -0.25) is 10.0 Å². The van der Waals surface area contributed by atoms with Crippen LogP contribution in [0.15, 0.2) is 47.5 Å². The third-order valence-corrected chi connectivity index (χ3v) is 9.17. The summed E-state index contributed by atoms with van der Waals surface area (Å²) in [5.41, 5.74) is 1.59. The maximum Gasteiger partial charge on any atom is 0.320 e. The molecule has 14 heteroatoms. The molecule has 12 nitrogen and oxygen atoms in total. The van der Waals surface area contributed by atoms with Gasteiger partial charge in [-0.15, -0.1) is 0 Å². The highest BCUT2D eigenvalue weighted by Gasteiger charge is 2.55. The number of hydrogen-bond donors (Lipinski definition) is 2. The number of amides is 3. The fourth-order valence-electron chi connectivity index (χ4n) is 5.33. The van der Waals surface area contributed by atoms with E-state index < -0.39 is 39.9 Å². The van der Waals surface area contributed by atoms with E-state index in [1.165, 1.54) is 36.4 Å². The Bertz CT molecular complexity index is 1290. The highest BCUT2D eigenvalue weighted by Crippen LogP contribution is 2.38. The molecule has 3 amide bonds. The van der Waals surface area contributed by atoms with Gasteiger partial charge < -0.3 is 19.4 Å². The SMILES string of the molecule is CN1CCN(C(=O)N2[C@@H]3CC[C@H]2[C@H](C(=O)NO)N(S(=O)(=O)c2ccc(Oc4ccc(F)cc4)nc2)C3)CC1. The number of hydroxylamine groups is 1. The predicted molar refractivity (Wildman–Crippen MR) is 131 cm³/mol. The van der Waals surface area contributed by atoms with Crippen molar-refractivity contribution in [3.63, 3.8) is 0 Å². The van der Waals surface area contributed by atoms with Crippen LogP contribution in [0, 0.1) is 5.82 Å². The fourth-order valence-corrected chi connectivity index (χ4v) is 6.93. The third kappa shape index (κ3) is 4.91. The molecule has 0 spiro atoms. The van der Waals surface area contributed by atoms with Crippen LogP contribution < -0.4 is 10.2 Å². The van der Waals surface area contributed by atoms with Crippen molar-refractivity contribution in [2.24, 2.45) is 0 Å². The molecular formula is C24H29FN6O6S. The monoisotopic (exact) mass is 548 g/mol. The van der Waals surface area contributed by atoms with Crippen molar-refractivity contribution < 1.29 is 32.3 Å². The van der Waals surface area contributed by atoms with Gasteiger partial charge in [0.05, 0.1) is 12.2 Å². The molecule has 204 valence electrons. The molecule has 0 aliphatic carbocycles. The van der Waals surface area contributed by atoms with E-state index in [2.05, 4.69) is 9.88 Å². The van der Waals surface area contributed by atoms with Gasteiger partial charge in [0.25, 0.3) is 5.91 Å². The summed E-state index contributed by atoms with van der Waals surface area (Å²) in [5, 5.41) is 9.47. The first-order valence-corrected chi connectivity index (χ1v) is 13.7. The van der Waals surface area contributed by atoms with Crippen molar-refractivity contribution >= 4 is 22.0 Å². The molecule has 3 fully saturated rings. The van der Waals surface area contributed by atoms with E-state index in [0.717, 1.165) is 23.6 Å². The number of carbonyl (C=O) groups excluding carboxylic acids is 2. The Morgan fingerprint density at radius 1 is 1.08 bits per heavy atom. The molecule has 4 heterocycles. The number of halogens is 1. The quantitative estimate of drug-likeness (QED) is 0.419. The number of rotatable bonds is 5. The number of urea groups is 1. The molecule has 2 N–H and O–H groups in total. The Labute approximate surface area is 219 Å². The van der Waals surface area contributed by atoms with Crippen LogP contribution in [-0.4, -0.2) is 107 Å². The van der Waals surface area contributed by atoms with E-state index in [-0.39, 0.29) is 23.4 Å². The van der Waals surface area contributed by atoms with E-state index >= 15 is 0 Å². The van der Waals surface area contributed by atoms with Crippen molar-refractivity contribution in [2.45, 2.75) is 35.9 Å². The van der Waals surface area contributed by atoms with Gasteiger partial charge in [-0.2, -0.15) is 4.31 Å². The van der Waals surface area contributed by atoms with Gasteiger partial charge >= 0.3 is 6.03 Å². The van der Waals surface area contributed by atoms with E-state index in [0.29, 0.717) is 31.7 Å². The number of hydrogen-bond acceptors (Lipinski definition) is 8. The van der Waals surface area contributed by atoms with Gasteiger partial charge in [0.2, 0.25) is 15.9 Å². The minimum absolute atomic E-state index is 0.0930. The number of ether oxygens (including phenoxy) is 1. The number of benzene rings is 1. The van der Waals surface area contributed by atoms with Crippen LogP contribution >= 0.6 is 0 Å². The van der Waals surface area contributed by atoms with Crippen LogP contribution in [0.5, 0.6) is 11.6 Å². The Balaban J connectivity index is 1.38. The van der Waals surface area contributed by atoms with Crippen LogP contribution in [0.2, 0.25) is 0 Å². The second-order valence-corrected chi connectivity index (χ2v) is 11.6. The van der Waals surface area contributed by atoms with Gasteiger partial charge in [-0.1, -0.05) is 0 Å². The fraction of sp³-hybridized carbons (Fsp3) is 0.458. The number of fused-ring (bicyclic) bond motifs is 2. The zero-order valence-electron chi connectivity index (χ0n) is 20.7. The average Bonchev–Trinajstić information content (AvgIpc) is 3.22. The number of sulfonamides is 1. The molecule has 0 saturated carbocycles. The van der Waals surface area contributed by atoms with Crippen LogP contribution in [0.3, 0.4) is 0 Å². The predicted octanol–water partition coefficient (Wildman–Crippen LogP) is 1.09. The summed E-state index contributed by atoms with van der Waals surface area (Å²) in [6.07, 6.45) is 2.08. The van der Waals surface area contributed by atoms with Crippen LogP contribution in [0.4, 0.5) is 9.18 Å². The molecule has 3 aliphatic rings. The number of aromatic nitrogens is 1. The van der Waals surface area contributed by atoms with Gasteiger partial charge in [0, 0.05) is 44.8 Å². The van der Waals surface area contributed by atoms with E-state index in [4.69, 9.17) is 4.74 Å². The van der Waals surface area contributed by atoms with Gasteiger partial charge in [-0.25, -0.2) is 28.1 Å². The molecule has 5 rings (SSSR count). The van der Waals surface area contributed by atoms with Crippen molar-refractivity contribution in [2.75, 3.05) is 39.8 Å². The number of nitrogens with zero attached hydrogens (tertiary/aromatic N) is 5. The van der Waals surface area contributed by atoms with Gasteiger partial charge in [-0.05, 0) is 50.2 Å². The third-order valence-electron chi connectivity index (χ3n) is 7.34. The Hall–Kier alpha value is -3.33. The van der Waals surface area contributed by atoms with Crippen molar-refractivity contribution in [3.8, 4) is 11.6 Å². The highest BCUT2D eigenvalue weighted by molar-refractivity contribution is 7.89. The summed E-state index contributed by atoms with van der Waals surface area (Å²) in [4.78, 5) is 35.6. The van der Waals surface area contributed by atoms with Crippen molar-refractivity contribution in [3.05, 3.63) is 48.4 Å². The lowest BCUT2D eigenvalue weighted by Gasteiger charge is -2.47. The molecule has 3 aliphatic heterocycles. The summed E-state index contributed by atoms with van der Waals surface area (Å²) in [7, 11) is -2.25. The number of piperazine rings is 2. The van der Waals surface area contributed by atoms with Crippen molar-refractivity contribution in [1.82, 2.24) is 29.5 Å². The lowest BCUT2D eigenvalue weighted by molar-refractivity contribution is -0.136. The summed E-state index contributed by atoms with van der Waals surface area (Å²) in [6, 6.07) is 5.29. The van der Waals surface area contributed by atoms with Crippen molar-refractivity contribution in [1.29, 1.82) is 0 Å². The van der Waals surface area contributed by atoms with Crippen LogP contribution in [0.1, 0.15) is 12.8 Å². The van der Waals surface area contributed by atoms with E-state index in [9.17, 15) is 27.6 Å². The number of likely N-dealkylation sites (N-methyl/N-ethyl adjacent to an activating group) is 1. The minimum Gasteiger partial charge on any atom is -0.439 e. The molecule has 3 atom stereocenters. The molecule has 2 aromatic rings. The second kappa shape index (κ2) is 10.4. The first-order chi connectivity index (χ1) is 18.2. The van der Waals surface area contributed by atoms with Crippen LogP contribution in [0.25, 0.3) is 0 Å². The summed E-state index contributed by atoms with van der Waals surface area (Å²) >= 11 is 0. The molecule has 0 radical (unpaired) electrons. The maximum absolute atomic E-state index is 13.7. The van der Waals surface area contributed by atoms with Gasteiger partial charge in [0.15, 0.2) is 0 Å². The molecule has 3 saturated heterocycles. The second-order valence-electron chi connectivity index (χ2n) is 9.66. The summed E-state index contributed by atoms with van der Waals surface area (Å²) in [6.45, 7) is 2.45. The van der Waals surface area contributed by atoms with Gasteiger partial charge in [0.1, 0.15) is 22.5 Å². The first-order valence-electron chi connectivity index (χ1n) is 12.3. The highest BCUT2D eigenvalue weighted by atomic mass is 32.2. The molecule has 2 bridgehead atoms. The Kier molecular flexibility index (Phi) is 7.22. The smallest absolute Gasteiger partial charge is 0.320 e. The lowest BCUT2D eigenvalue weighted by atomic mass is 10.0. The number of carbonyl (C=O) groups is 2. The summed E-state index contributed by atoms with van der Waals surface area (Å²) < 4.78 is 47.1. The van der Waals surface area contributed by atoms with Crippen LogP contribution in [-0.2, 0) is 14.8 Å². The Morgan fingerprint density at radius 3 is 2.42 bits per heavy atom. The number of pyridine rings is 1. The lowest BCUT2D eigenvalue weighted by Crippen LogP contribution is -2.68. The summed E-state index contributed by atoms with van der Waals surface area (Å²) in [5.74, 6) is -0.901. The zero-order chi connectivity index (χ0) is 27.0. The largest absolute Gasteiger partial charge is 0.439 e. The topological polar surface area (TPSA) is 136 Å². The average molecular weight is 549 g/mol. The maximum atomic E-state index is 13.7. The first kappa shape index (κ1) is 26.3. The van der Waals surface area contributed by atoms with E-state index in [1.54, 1.807) is 15.3 Å². The van der Waals surface area contributed by atoms with E-state index in [1.807, 2.05) is 7.05 Å². The normalized spacial score (nSPS) is 24.3. The Morgan fingerprint density at radius 2 is 1.79 bits per heavy atom. The molecule has 1 aromatic heterocycles. The molecule has 1 aromatic carbocycles. The molecular weight excluding hydrogens is 519 g/mol. The number of nitrogens with one attached hydrogen (secondary N) is 1. The zero-order valence-corrected chi connectivity index (χ0v) is 21.6.